The summed E-state index contributed by atoms with van der Waals surface area (Å²) in [6, 6.07) is 4.52. The maximum absolute atomic E-state index is 12.1. The third-order valence-electron chi connectivity index (χ3n) is 3.33. The van der Waals surface area contributed by atoms with Crippen LogP contribution in [-0.4, -0.2) is 44.0 Å². The number of rotatable bonds is 3. The van der Waals surface area contributed by atoms with Crippen molar-refractivity contribution in [2.75, 3.05) is 25.5 Å². The minimum atomic E-state index is -0.496. The van der Waals surface area contributed by atoms with Crippen LogP contribution in [0.3, 0.4) is 0 Å². The van der Waals surface area contributed by atoms with Gasteiger partial charge in [-0.3, -0.25) is 14.9 Å². The van der Waals surface area contributed by atoms with E-state index < -0.39 is 12.0 Å². The first-order valence-corrected chi connectivity index (χ1v) is 6.52. The molecule has 21 heavy (non-hydrogen) atoms. The van der Waals surface area contributed by atoms with Crippen molar-refractivity contribution in [2.45, 2.75) is 13.0 Å². The van der Waals surface area contributed by atoms with E-state index in [2.05, 4.69) is 16.0 Å². The van der Waals surface area contributed by atoms with Gasteiger partial charge in [0.2, 0.25) is 11.8 Å². The van der Waals surface area contributed by atoms with Crippen molar-refractivity contribution < 1.29 is 19.1 Å². The fourth-order valence-corrected chi connectivity index (χ4v) is 2.07. The van der Waals surface area contributed by atoms with Gasteiger partial charge in [0.1, 0.15) is 6.04 Å². The van der Waals surface area contributed by atoms with E-state index in [9.17, 15) is 14.4 Å². The zero-order valence-corrected chi connectivity index (χ0v) is 11.9. The fourth-order valence-electron chi connectivity index (χ4n) is 2.07. The predicted octanol–water partition coefficient (Wildman–Crippen LogP) is -0.192. The van der Waals surface area contributed by atoms with Crippen LogP contribution >= 0.6 is 0 Å². The topological polar surface area (TPSA) is 96.5 Å². The molecular formula is C14H17N3O4. The first-order chi connectivity index (χ1) is 10.0. The van der Waals surface area contributed by atoms with Crippen LogP contribution in [0.5, 0.6) is 0 Å². The Bertz CT molecular complexity index is 576. The zero-order valence-electron chi connectivity index (χ0n) is 11.9. The lowest BCUT2D eigenvalue weighted by Gasteiger charge is -2.23. The minimum absolute atomic E-state index is 0.110. The molecule has 1 aromatic carbocycles. The number of piperazine rings is 1. The van der Waals surface area contributed by atoms with E-state index in [1.165, 1.54) is 7.11 Å². The predicted molar refractivity (Wildman–Crippen MR) is 75.9 cm³/mol. The second-order valence-electron chi connectivity index (χ2n) is 4.70. The number of amides is 2. The standard InChI is InChI=1S/C14H17N3O4/c1-8-9(14(20)21-2)4-3-5-10(8)17-13(19)11-6-16-12(18)7-15-11/h3-5,11,15H,6-7H2,1-2H3,(H,16,18)(H,17,19). The van der Waals surface area contributed by atoms with Gasteiger partial charge in [0, 0.05) is 12.2 Å². The molecule has 1 aliphatic rings. The molecule has 1 aromatic rings. The van der Waals surface area contributed by atoms with Gasteiger partial charge in [-0.05, 0) is 24.6 Å². The smallest absolute Gasteiger partial charge is 0.338 e. The van der Waals surface area contributed by atoms with Gasteiger partial charge < -0.3 is 15.4 Å². The van der Waals surface area contributed by atoms with Crippen molar-refractivity contribution >= 4 is 23.5 Å². The molecule has 0 saturated carbocycles. The van der Waals surface area contributed by atoms with Crippen LogP contribution in [0.2, 0.25) is 0 Å². The van der Waals surface area contributed by atoms with E-state index >= 15 is 0 Å². The van der Waals surface area contributed by atoms with Crippen LogP contribution in [0.4, 0.5) is 5.69 Å². The van der Waals surface area contributed by atoms with Gasteiger partial charge in [-0.15, -0.1) is 0 Å². The lowest BCUT2D eigenvalue weighted by atomic mass is 10.1. The van der Waals surface area contributed by atoms with E-state index in [0.717, 1.165) is 0 Å². The number of carbonyl (C=O) groups excluding carboxylic acids is 3. The Labute approximate surface area is 122 Å². The molecule has 1 unspecified atom stereocenters. The molecule has 1 saturated heterocycles. The van der Waals surface area contributed by atoms with E-state index in [0.29, 0.717) is 16.8 Å². The summed E-state index contributed by atoms with van der Waals surface area (Å²) in [6.45, 7) is 2.08. The molecule has 0 bridgehead atoms. The summed E-state index contributed by atoms with van der Waals surface area (Å²) in [4.78, 5) is 34.8. The maximum atomic E-state index is 12.1. The Balaban J connectivity index is 2.11. The molecule has 0 aliphatic carbocycles. The highest BCUT2D eigenvalue weighted by Crippen LogP contribution is 2.19. The van der Waals surface area contributed by atoms with Crippen LogP contribution in [0.25, 0.3) is 0 Å². The van der Waals surface area contributed by atoms with Gasteiger partial charge >= 0.3 is 5.97 Å². The average molecular weight is 291 g/mol. The zero-order chi connectivity index (χ0) is 15.4. The van der Waals surface area contributed by atoms with Crippen LogP contribution in [0, 0.1) is 6.92 Å². The second-order valence-corrected chi connectivity index (χ2v) is 4.70. The summed E-state index contributed by atoms with van der Waals surface area (Å²) >= 11 is 0. The summed E-state index contributed by atoms with van der Waals surface area (Å²) in [7, 11) is 1.31. The number of hydrogen-bond acceptors (Lipinski definition) is 5. The lowest BCUT2D eigenvalue weighted by molar-refractivity contribution is -0.124. The van der Waals surface area contributed by atoms with Crippen molar-refractivity contribution in [2.24, 2.45) is 0 Å². The largest absolute Gasteiger partial charge is 0.465 e. The maximum Gasteiger partial charge on any atom is 0.338 e. The second kappa shape index (κ2) is 6.36. The van der Waals surface area contributed by atoms with Gasteiger partial charge in [0.15, 0.2) is 0 Å². The van der Waals surface area contributed by atoms with Crippen molar-refractivity contribution in [1.82, 2.24) is 10.6 Å². The van der Waals surface area contributed by atoms with Crippen molar-refractivity contribution in [1.29, 1.82) is 0 Å². The molecular weight excluding hydrogens is 274 g/mol. The van der Waals surface area contributed by atoms with E-state index in [-0.39, 0.29) is 24.9 Å². The number of ether oxygens (including phenoxy) is 1. The molecule has 1 fully saturated rings. The number of nitrogens with one attached hydrogen (secondary N) is 3. The van der Waals surface area contributed by atoms with Gasteiger partial charge in [-0.2, -0.15) is 0 Å². The molecule has 7 nitrogen and oxygen atoms in total. The molecule has 2 rings (SSSR count). The van der Waals surface area contributed by atoms with Crippen LogP contribution in [-0.2, 0) is 14.3 Å². The summed E-state index contributed by atoms with van der Waals surface area (Å²) in [5.74, 6) is -0.852. The van der Waals surface area contributed by atoms with E-state index in [4.69, 9.17) is 4.74 Å². The first-order valence-electron chi connectivity index (χ1n) is 6.52. The molecule has 2 amide bonds. The first kappa shape index (κ1) is 15.0. The van der Waals surface area contributed by atoms with Gasteiger partial charge in [-0.25, -0.2) is 4.79 Å². The number of methoxy groups -OCH3 is 1. The molecule has 112 valence electrons. The number of carbonyl (C=O) groups is 3. The quantitative estimate of drug-likeness (QED) is 0.671. The molecule has 1 aliphatic heterocycles. The summed E-state index contributed by atoms with van der Waals surface area (Å²) in [6.07, 6.45) is 0. The Morgan fingerprint density at radius 3 is 2.76 bits per heavy atom. The number of hydrogen-bond donors (Lipinski definition) is 3. The normalized spacial score (nSPS) is 17.8. The lowest BCUT2D eigenvalue weighted by Crippen LogP contribution is -2.56. The Hall–Kier alpha value is -2.41. The SMILES string of the molecule is COC(=O)c1cccc(NC(=O)C2CNC(=O)CN2)c1C. The van der Waals surface area contributed by atoms with Crippen molar-refractivity contribution in [3.8, 4) is 0 Å². The minimum Gasteiger partial charge on any atom is -0.465 e. The Morgan fingerprint density at radius 1 is 1.38 bits per heavy atom. The third-order valence-corrected chi connectivity index (χ3v) is 3.33. The molecule has 0 aromatic heterocycles. The highest BCUT2D eigenvalue weighted by molar-refractivity contribution is 5.99. The summed E-state index contributed by atoms with van der Waals surface area (Å²) in [5.41, 5.74) is 1.58. The van der Waals surface area contributed by atoms with Crippen LogP contribution < -0.4 is 16.0 Å². The van der Waals surface area contributed by atoms with E-state index in [1.54, 1.807) is 25.1 Å². The number of benzene rings is 1. The highest BCUT2D eigenvalue weighted by atomic mass is 16.5. The fraction of sp³-hybridized carbons (Fsp3) is 0.357. The van der Waals surface area contributed by atoms with Crippen LogP contribution in [0.15, 0.2) is 18.2 Å². The molecule has 1 heterocycles. The monoisotopic (exact) mass is 291 g/mol. The third kappa shape index (κ3) is 3.38. The van der Waals surface area contributed by atoms with Gasteiger partial charge in [0.05, 0.1) is 19.2 Å². The Morgan fingerprint density at radius 2 is 2.14 bits per heavy atom. The highest BCUT2D eigenvalue weighted by Gasteiger charge is 2.24. The summed E-state index contributed by atoms with van der Waals surface area (Å²) in [5, 5.41) is 8.21. The number of anilines is 1. The Kier molecular flexibility index (Phi) is 4.54. The van der Waals surface area contributed by atoms with Gasteiger partial charge in [0.25, 0.3) is 0 Å². The van der Waals surface area contributed by atoms with Crippen LogP contribution in [0.1, 0.15) is 15.9 Å². The molecule has 0 radical (unpaired) electrons. The molecule has 1 atom stereocenters. The van der Waals surface area contributed by atoms with E-state index in [1.807, 2.05) is 0 Å². The molecule has 7 heteroatoms. The average Bonchev–Trinajstić information content (AvgIpc) is 2.49. The van der Waals surface area contributed by atoms with Gasteiger partial charge in [-0.1, -0.05) is 6.07 Å². The summed E-state index contributed by atoms with van der Waals surface area (Å²) < 4.78 is 4.69. The molecule has 3 N–H and O–H groups in total. The van der Waals surface area contributed by atoms with Crippen molar-refractivity contribution in [3.05, 3.63) is 29.3 Å². The number of esters is 1. The van der Waals surface area contributed by atoms with Crippen molar-refractivity contribution in [3.63, 3.8) is 0 Å². The molecule has 0 spiro atoms.